The zero-order valence-electron chi connectivity index (χ0n) is 10.1. The van der Waals surface area contributed by atoms with Crippen LogP contribution in [0.25, 0.3) is 0 Å². The standard InChI is InChI=1S/C14H18S2/c1-4-13-7-11(3)14(16-13)8-10(2)12-5-6-15-9-12/h5-7,9-10H,4,8H2,1-3H3. The first-order chi connectivity index (χ1) is 7.70. The van der Waals surface area contributed by atoms with Crippen LogP contribution in [0.5, 0.6) is 0 Å². The number of rotatable bonds is 4. The van der Waals surface area contributed by atoms with Crippen molar-refractivity contribution in [1.82, 2.24) is 0 Å². The number of hydrogen-bond acceptors (Lipinski definition) is 2. The monoisotopic (exact) mass is 250 g/mol. The minimum atomic E-state index is 0.647. The number of aryl methyl sites for hydroxylation is 2. The van der Waals surface area contributed by atoms with Gasteiger partial charge in [-0.1, -0.05) is 13.8 Å². The first-order valence-electron chi connectivity index (χ1n) is 5.81. The van der Waals surface area contributed by atoms with Crippen molar-refractivity contribution < 1.29 is 0 Å². The smallest absolute Gasteiger partial charge is 0.00833 e. The summed E-state index contributed by atoms with van der Waals surface area (Å²) in [5.74, 6) is 0.647. The molecule has 0 spiro atoms. The average Bonchev–Trinajstić information content (AvgIpc) is 2.88. The van der Waals surface area contributed by atoms with Crippen molar-refractivity contribution in [1.29, 1.82) is 0 Å². The van der Waals surface area contributed by atoms with Crippen molar-refractivity contribution in [2.24, 2.45) is 0 Å². The van der Waals surface area contributed by atoms with Crippen LogP contribution in [0.4, 0.5) is 0 Å². The number of hydrogen-bond donors (Lipinski definition) is 0. The topological polar surface area (TPSA) is 0 Å². The van der Waals surface area contributed by atoms with Crippen LogP contribution in [0, 0.1) is 6.92 Å². The van der Waals surface area contributed by atoms with Crippen molar-refractivity contribution in [3.8, 4) is 0 Å². The Morgan fingerprint density at radius 3 is 2.75 bits per heavy atom. The molecule has 2 aromatic rings. The molecule has 0 saturated heterocycles. The summed E-state index contributed by atoms with van der Waals surface area (Å²) in [6.07, 6.45) is 2.35. The largest absolute Gasteiger partial charge is 0.152 e. The highest BCUT2D eigenvalue weighted by Crippen LogP contribution is 2.29. The zero-order chi connectivity index (χ0) is 11.5. The molecule has 0 saturated carbocycles. The summed E-state index contributed by atoms with van der Waals surface area (Å²) in [5.41, 5.74) is 2.96. The van der Waals surface area contributed by atoms with Crippen LogP contribution in [-0.4, -0.2) is 0 Å². The zero-order valence-corrected chi connectivity index (χ0v) is 11.8. The fourth-order valence-corrected chi connectivity index (χ4v) is 3.95. The van der Waals surface area contributed by atoms with Gasteiger partial charge in [0.1, 0.15) is 0 Å². The van der Waals surface area contributed by atoms with E-state index in [0.29, 0.717) is 5.92 Å². The molecular weight excluding hydrogens is 232 g/mol. The SMILES string of the molecule is CCc1cc(C)c(CC(C)c2ccsc2)s1. The van der Waals surface area contributed by atoms with Gasteiger partial charge in [0.05, 0.1) is 0 Å². The molecule has 2 aromatic heterocycles. The fraction of sp³-hybridized carbons (Fsp3) is 0.429. The predicted octanol–water partition coefficient (Wildman–Crippen LogP) is 5.03. The van der Waals surface area contributed by atoms with Crippen molar-refractivity contribution >= 4 is 22.7 Å². The molecule has 0 nitrogen and oxygen atoms in total. The molecule has 1 unspecified atom stereocenters. The first-order valence-corrected chi connectivity index (χ1v) is 7.57. The van der Waals surface area contributed by atoms with E-state index in [1.807, 2.05) is 11.3 Å². The lowest BCUT2D eigenvalue weighted by Crippen LogP contribution is -1.95. The Labute approximate surface area is 106 Å². The summed E-state index contributed by atoms with van der Waals surface area (Å²) >= 11 is 3.78. The summed E-state index contributed by atoms with van der Waals surface area (Å²) < 4.78 is 0. The lowest BCUT2D eigenvalue weighted by Gasteiger charge is -2.08. The molecule has 0 radical (unpaired) electrons. The third kappa shape index (κ3) is 2.55. The van der Waals surface area contributed by atoms with Gasteiger partial charge in [0.15, 0.2) is 0 Å². The molecule has 0 amide bonds. The second-order valence-corrected chi connectivity index (χ2v) is 6.34. The molecule has 0 aliphatic heterocycles. The Bertz CT molecular complexity index is 437. The molecular formula is C14H18S2. The minimum Gasteiger partial charge on any atom is -0.152 e. The molecule has 0 aliphatic rings. The molecule has 0 fully saturated rings. The van der Waals surface area contributed by atoms with E-state index in [4.69, 9.17) is 0 Å². The quantitative estimate of drug-likeness (QED) is 0.714. The third-order valence-corrected chi connectivity index (χ3v) is 5.13. The van der Waals surface area contributed by atoms with E-state index in [2.05, 4.69) is 43.7 Å². The summed E-state index contributed by atoms with van der Waals surface area (Å²) in [5, 5.41) is 4.44. The summed E-state index contributed by atoms with van der Waals surface area (Å²) in [4.78, 5) is 3.08. The highest BCUT2D eigenvalue weighted by molar-refractivity contribution is 7.12. The van der Waals surface area contributed by atoms with Crippen LogP contribution >= 0.6 is 22.7 Å². The molecule has 2 heterocycles. The first kappa shape index (κ1) is 11.9. The van der Waals surface area contributed by atoms with E-state index >= 15 is 0 Å². The summed E-state index contributed by atoms with van der Waals surface area (Å²) in [6, 6.07) is 4.60. The highest BCUT2D eigenvalue weighted by atomic mass is 32.1. The predicted molar refractivity (Wildman–Crippen MR) is 74.9 cm³/mol. The molecule has 16 heavy (non-hydrogen) atoms. The van der Waals surface area contributed by atoms with Crippen LogP contribution < -0.4 is 0 Å². The molecule has 1 atom stereocenters. The van der Waals surface area contributed by atoms with Gasteiger partial charge in [-0.25, -0.2) is 0 Å². The van der Waals surface area contributed by atoms with E-state index < -0.39 is 0 Å². The van der Waals surface area contributed by atoms with Crippen molar-refractivity contribution in [3.05, 3.63) is 43.8 Å². The van der Waals surface area contributed by atoms with E-state index in [9.17, 15) is 0 Å². The van der Waals surface area contributed by atoms with E-state index in [1.54, 1.807) is 16.2 Å². The van der Waals surface area contributed by atoms with Crippen LogP contribution in [0.1, 0.15) is 40.6 Å². The van der Waals surface area contributed by atoms with Gasteiger partial charge in [-0.15, -0.1) is 11.3 Å². The van der Waals surface area contributed by atoms with Gasteiger partial charge in [-0.3, -0.25) is 0 Å². The molecule has 2 rings (SSSR count). The summed E-state index contributed by atoms with van der Waals surface area (Å²) in [7, 11) is 0. The lowest BCUT2D eigenvalue weighted by atomic mass is 9.99. The fourth-order valence-electron chi connectivity index (χ4n) is 1.92. The molecule has 2 heteroatoms. The maximum atomic E-state index is 2.35. The van der Waals surface area contributed by atoms with Crippen LogP contribution in [0.3, 0.4) is 0 Å². The van der Waals surface area contributed by atoms with Gasteiger partial charge in [0.25, 0.3) is 0 Å². The van der Waals surface area contributed by atoms with Crippen LogP contribution in [0.2, 0.25) is 0 Å². The molecule has 86 valence electrons. The van der Waals surface area contributed by atoms with Gasteiger partial charge < -0.3 is 0 Å². The summed E-state index contributed by atoms with van der Waals surface area (Å²) in [6.45, 7) is 6.80. The molecule has 0 bridgehead atoms. The van der Waals surface area contributed by atoms with E-state index in [0.717, 1.165) is 0 Å². The Morgan fingerprint density at radius 2 is 2.19 bits per heavy atom. The average molecular weight is 250 g/mol. The Hall–Kier alpha value is -0.600. The van der Waals surface area contributed by atoms with E-state index in [-0.39, 0.29) is 0 Å². The Balaban J connectivity index is 2.11. The van der Waals surface area contributed by atoms with Gasteiger partial charge in [0, 0.05) is 9.75 Å². The minimum absolute atomic E-state index is 0.647. The van der Waals surface area contributed by atoms with Crippen molar-refractivity contribution in [3.63, 3.8) is 0 Å². The van der Waals surface area contributed by atoms with Crippen molar-refractivity contribution in [2.45, 2.75) is 39.5 Å². The Morgan fingerprint density at radius 1 is 1.38 bits per heavy atom. The second kappa shape index (κ2) is 5.15. The Kier molecular flexibility index (Phi) is 3.82. The lowest BCUT2D eigenvalue weighted by molar-refractivity contribution is 0.769. The third-order valence-electron chi connectivity index (χ3n) is 3.02. The maximum absolute atomic E-state index is 2.35. The number of thiophene rings is 2. The van der Waals surface area contributed by atoms with Gasteiger partial charge in [-0.05, 0) is 59.7 Å². The van der Waals surface area contributed by atoms with Gasteiger partial charge >= 0.3 is 0 Å². The van der Waals surface area contributed by atoms with Crippen molar-refractivity contribution in [2.75, 3.05) is 0 Å². The molecule has 0 N–H and O–H groups in total. The maximum Gasteiger partial charge on any atom is 0.00833 e. The second-order valence-electron chi connectivity index (χ2n) is 4.33. The van der Waals surface area contributed by atoms with Gasteiger partial charge in [-0.2, -0.15) is 11.3 Å². The highest BCUT2D eigenvalue weighted by Gasteiger charge is 2.11. The van der Waals surface area contributed by atoms with Crippen LogP contribution in [-0.2, 0) is 12.8 Å². The van der Waals surface area contributed by atoms with E-state index in [1.165, 1.54) is 28.8 Å². The normalized spacial score (nSPS) is 12.9. The molecule has 0 aliphatic carbocycles. The van der Waals surface area contributed by atoms with Gasteiger partial charge in [0.2, 0.25) is 0 Å². The van der Waals surface area contributed by atoms with Crippen LogP contribution in [0.15, 0.2) is 22.9 Å². The molecule has 0 aromatic carbocycles.